The van der Waals surface area contributed by atoms with Crippen LogP contribution in [-0.4, -0.2) is 125 Å². The van der Waals surface area contributed by atoms with Gasteiger partial charge in [0.15, 0.2) is 17.1 Å². The number of nitrogens with zero attached hydrogens (tertiary/aromatic N) is 3. The summed E-state index contributed by atoms with van der Waals surface area (Å²) < 4.78 is 10.3. The number of nitrogens with two attached hydrogens (primary N) is 1. The number of fused-ring (bicyclic) bond motifs is 3. The minimum Gasteiger partial charge on any atom is -0.510 e. The lowest BCUT2D eigenvalue weighted by molar-refractivity contribution is -0.148. The van der Waals surface area contributed by atoms with Crippen molar-refractivity contribution in [1.29, 1.82) is 0 Å². The Morgan fingerprint density at radius 2 is 1.58 bits per heavy atom. The van der Waals surface area contributed by atoms with Crippen LogP contribution in [0.15, 0.2) is 83.3 Å². The van der Waals surface area contributed by atoms with Crippen LogP contribution in [0.5, 0.6) is 5.75 Å². The molecule has 7 N–H and O–H groups in total. The van der Waals surface area contributed by atoms with Gasteiger partial charge in [-0.1, -0.05) is 49.4 Å². The molecule has 0 bridgehead atoms. The number of aliphatic hydroxyl groups is 3. The molecular formula is C43H47N5O12. The fourth-order valence-electron chi connectivity index (χ4n) is 8.40. The number of carbonyl (C=O) groups excluding carboxylic acids is 6. The molecule has 0 spiro atoms. The molecule has 3 aliphatic rings. The van der Waals surface area contributed by atoms with Crippen molar-refractivity contribution in [2.45, 2.75) is 37.8 Å². The zero-order valence-electron chi connectivity index (χ0n) is 33.7. The van der Waals surface area contributed by atoms with Crippen molar-refractivity contribution in [2.24, 2.45) is 17.6 Å². The lowest BCUT2D eigenvalue weighted by Crippen LogP contribution is -2.63. The standard InChI is InChI=1S/C43H47N5O12/c1-6-16-48(42(57)60-21-59-41(56)24-14-12-23(13-15-24)22-10-8-7-9-11-22)20-30(49)45-28-19-29(46(2)3)26-17-25-18-27-34(47(4)5)37(52)33(40(44)55)39(54)43(27,58)38(53)31(25)36(51)32(26)35(28)50/h7-15,19,25,27,34,50,52-53,58H,6,16-18,20-21H2,1-5H3,(H2,44,55)(H,45,49)/t25-,27-,34-,43-/m0/s1. The largest absolute Gasteiger partial charge is 0.510 e. The van der Waals surface area contributed by atoms with Gasteiger partial charge < -0.3 is 45.9 Å². The highest BCUT2D eigenvalue weighted by Crippen LogP contribution is 2.54. The summed E-state index contributed by atoms with van der Waals surface area (Å²) in [5.74, 6) is -9.52. The number of primary amides is 1. The van der Waals surface area contributed by atoms with E-state index in [9.17, 15) is 49.2 Å². The number of aliphatic hydroxyl groups excluding tert-OH is 2. The van der Waals surface area contributed by atoms with Crippen LogP contribution in [0, 0.1) is 11.8 Å². The molecule has 60 heavy (non-hydrogen) atoms. The second-order valence-electron chi connectivity index (χ2n) is 15.4. The van der Waals surface area contributed by atoms with Crippen LogP contribution in [-0.2, 0) is 30.3 Å². The lowest BCUT2D eigenvalue weighted by Gasteiger charge is -2.50. The van der Waals surface area contributed by atoms with Crippen LogP contribution in [0.25, 0.3) is 11.1 Å². The molecule has 0 unspecified atom stereocenters. The third kappa shape index (κ3) is 7.64. The summed E-state index contributed by atoms with van der Waals surface area (Å²) in [6, 6.07) is 16.6. The van der Waals surface area contributed by atoms with E-state index in [0.717, 1.165) is 16.0 Å². The van der Waals surface area contributed by atoms with Crippen LogP contribution in [0.4, 0.5) is 16.2 Å². The minimum atomic E-state index is -2.82. The van der Waals surface area contributed by atoms with E-state index in [0.29, 0.717) is 17.7 Å². The second-order valence-corrected chi connectivity index (χ2v) is 15.4. The Morgan fingerprint density at radius 1 is 0.933 bits per heavy atom. The Kier molecular flexibility index (Phi) is 12.1. The van der Waals surface area contributed by atoms with Gasteiger partial charge in [0.2, 0.25) is 18.5 Å². The molecule has 17 heteroatoms. The lowest BCUT2D eigenvalue weighted by atomic mass is 9.58. The van der Waals surface area contributed by atoms with E-state index in [4.69, 9.17) is 15.2 Å². The molecular weight excluding hydrogens is 778 g/mol. The first-order chi connectivity index (χ1) is 28.4. The molecule has 0 aromatic heterocycles. The first kappa shape index (κ1) is 42.9. The highest BCUT2D eigenvalue weighted by molar-refractivity contribution is 6.25. The van der Waals surface area contributed by atoms with Gasteiger partial charge in [0.1, 0.15) is 23.6 Å². The topological polar surface area (TPSA) is 250 Å². The zero-order valence-corrected chi connectivity index (χ0v) is 33.7. The van der Waals surface area contributed by atoms with Gasteiger partial charge in [-0.05, 0) is 74.2 Å². The highest BCUT2D eigenvalue weighted by Gasteiger charge is 2.63. The number of hydrogen-bond acceptors (Lipinski definition) is 14. The van der Waals surface area contributed by atoms with Crippen molar-refractivity contribution in [2.75, 3.05) is 58.3 Å². The molecule has 3 aromatic carbocycles. The van der Waals surface area contributed by atoms with Gasteiger partial charge in [0.05, 0.1) is 22.9 Å². The summed E-state index contributed by atoms with van der Waals surface area (Å²) in [4.78, 5) is 83.7. The van der Waals surface area contributed by atoms with Crippen molar-refractivity contribution in [3.8, 4) is 16.9 Å². The maximum atomic E-state index is 14.4. The Hall–Kier alpha value is -6.72. The van der Waals surface area contributed by atoms with E-state index in [1.54, 1.807) is 64.3 Å². The number of esters is 1. The van der Waals surface area contributed by atoms with Gasteiger partial charge >= 0.3 is 12.1 Å². The van der Waals surface area contributed by atoms with E-state index < -0.39 is 95.1 Å². The molecule has 17 nitrogen and oxygen atoms in total. The van der Waals surface area contributed by atoms with E-state index in [2.05, 4.69) is 5.32 Å². The van der Waals surface area contributed by atoms with Crippen LogP contribution >= 0.6 is 0 Å². The number of hydrogen-bond donors (Lipinski definition) is 6. The number of aromatic hydroxyl groups is 1. The van der Waals surface area contributed by atoms with Crippen LogP contribution < -0.4 is 16.0 Å². The third-order valence-electron chi connectivity index (χ3n) is 11.1. The van der Waals surface area contributed by atoms with Crippen molar-refractivity contribution >= 4 is 46.8 Å². The monoisotopic (exact) mass is 825 g/mol. The number of Topliss-reactive ketones (excluding diaryl/α,β-unsaturated/α-hetero) is 2. The van der Waals surface area contributed by atoms with E-state index >= 15 is 0 Å². The van der Waals surface area contributed by atoms with Gasteiger partial charge in [-0.25, -0.2) is 9.59 Å². The number of ether oxygens (including phenoxy) is 2. The molecule has 0 radical (unpaired) electrons. The summed E-state index contributed by atoms with van der Waals surface area (Å²) in [7, 11) is 6.43. The molecule has 0 aliphatic heterocycles. The molecule has 3 aliphatic carbocycles. The molecule has 316 valence electrons. The molecule has 0 saturated heterocycles. The Balaban J connectivity index is 1.20. The highest BCUT2D eigenvalue weighted by atomic mass is 16.7. The molecule has 6 rings (SSSR count). The Labute approximate surface area is 345 Å². The number of phenols is 1. The predicted octanol–water partition coefficient (Wildman–Crippen LogP) is 3.46. The summed E-state index contributed by atoms with van der Waals surface area (Å²) in [6.45, 7) is 0.527. The fourth-order valence-corrected chi connectivity index (χ4v) is 8.40. The van der Waals surface area contributed by atoms with Crippen LogP contribution in [0.2, 0.25) is 0 Å². The van der Waals surface area contributed by atoms with Crippen molar-refractivity contribution in [3.05, 3.63) is 100 Å². The zero-order chi connectivity index (χ0) is 43.8. The number of amides is 3. The van der Waals surface area contributed by atoms with E-state index in [-0.39, 0.29) is 41.8 Å². The van der Waals surface area contributed by atoms with Crippen molar-refractivity contribution < 1.29 is 58.7 Å². The number of anilines is 2. The maximum Gasteiger partial charge on any atom is 0.413 e. The van der Waals surface area contributed by atoms with Crippen LogP contribution in [0.1, 0.15) is 46.0 Å². The van der Waals surface area contributed by atoms with Gasteiger partial charge in [0, 0.05) is 37.8 Å². The fraction of sp³-hybridized carbons (Fsp3) is 0.349. The first-order valence-corrected chi connectivity index (χ1v) is 19.2. The Bertz CT molecular complexity index is 2320. The number of phenolic OH excluding ortho intramolecular Hbond substituents is 1. The second kappa shape index (κ2) is 16.9. The average molecular weight is 826 g/mol. The maximum absolute atomic E-state index is 14.4. The normalized spacial score (nSPS) is 20.8. The number of ketones is 2. The summed E-state index contributed by atoms with van der Waals surface area (Å²) in [5, 5.41) is 48.7. The van der Waals surface area contributed by atoms with Crippen LogP contribution in [0.3, 0.4) is 0 Å². The van der Waals surface area contributed by atoms with Gasteiger partial charge in [-0.15, -0.1) is 0 Å². The van der Waals surface area contributed by atoms with E-state index in [1.165, 1.54) is 11.0 Å². The molecule has 3 amide bonds. The van der Waals surface area contributed by atoms with Gasteiger partial charge in [-0.3, -0.25) is 29.0 Å². The molecule has 3 aromatic rings. The predicted molar refractivity (Wildman–Crippen MR) is 217 cm³/mol. The Morgan fingerprint density at radius 3 is 2.18 bits per heavy atom. The molecule has 4 atom stereocenters. The number of benzene rings is 3. The summed E-state index contributed by atoms with van der Waals surface area (Å²) in [5.41, 5.74) is 3.66. The van der Waals surface area contributed by atoms with Crippen molar-refractivity contribution in [1.82, 2.24) is 9.80 Å². The molecule has 0 saturated carbocycles. The average Bonchev–Trinajstić information content (AvgIpc) is 3.20. The van der Waals surface area contributed by atoms with E-state index in [1.807, 2.05) is 30.3 Å². The molecule has 0 heterocycles. The van der Waals surface area contributed by atoms with Gasteiger partial charge in [0.25, 0.3) is 5.91 Å². The van der Waals surface area contributed by atoms with Crippen molar-refractivity contribution in [3.63, 3.8) is 0 Å². The number of nitrogens with one attached hydrogen (secondary N) is 1. The smallest absolute Gasteiger partial charge is 0.413 e. The molecule has 0 fully saturated rings. The SMILES string of the molecule is CCCN(CC(=O)Nc1cc(N(C)C)c2c(c1O)C(=O)C1=C(O)[C@]3(O)C(=O)C(C(N)=O)=C(O)[C@@H](N(C)C)[C@@H]3C[C@@H]1C2)C(=O)OCOC(=O)c1ccc(-c2ccccc2)cc1. The summed E-state index contributed by atoms with van der Waals surface area (Å²) >= 11 is 0. The number of rotatable bonds is 12. The minimum absolute atomic E-state index is 0.0313. The number of carbonyl (C=O) groups is 6. The first-order valence-electron chi connectivity index (χ1n) is 19.2. The summed E-state index contributed by atoms with van der Waals surface area (Å²) in [6.07, 6.45) is -0.608. The number of likely N-dealkylation sites (N-methyl/N-ethyl adjacent to an activating group) is 1. The van der Waals surface area contributed by atoms with Gasteiger partial charge in [-0.2, -0.15) is 0 Å². The third-order valence-corrected chi connectivity index (χ3v) is 11.1. The quantitative estimate of drug-likeness (QED) is 0.0663. The number of allylic oxidation sites excluding steroid dienone is 1.